The molecule has 1 saturated heterocycles. The van der Waals surface area contributed by atoms with Crippen LogP contribution in [-0.2, 0) is 5.54 Å². The Bertz CT molecular complexity index is 1300. The second-order valence-corrected chi connectivity index (χ2v) is 8.48. The Kier molecular flexibility index (Phi) is 4.18. The van der Waals surface area contributed by atoms with Crippen LogP contribution in [0.4, 0.5) is 5.69 Å². The summed E-state index contributed by atoms with van der Waals surface area (Å²) in [4.78, 5) is 19.6. The molecule has 2 aliphatic heterocycles. The molecule has 0 unspecified atom stereocenters. The predicted octanol–water partition coefficient (Wildman–Crippen LogP) is 4.39. The second-order valence-electron chi connectivity index (χ2n) is 8.48. The number of aromatic nitrogens is 3. The largest absolute Gasteiger partial charge is 0.372 e. The number of carbonyl (C=O) groups excluding carboxylic acids is 1. The summed E-state index contributed by atoms with van der Waals surface area (Å²) in [6, 6.07) is 16.4. The molecule has 1 spiro atoms. The first-order chi connectivity index (χ1) is 15.7. The van der Waals surface area contributed by atoms with E-state index < -0.39 is 0 Å². The number of nitrogens with zero attached hydrogens (tertiary/aromatic N) is 4. The molecule has 32 heavy (non-hydrogen) atoms. The number of benzene rings is 1. The Morgan fingerprint density at radius 1 is 1.09 bits per heavy atom. The SMILES string of the molecule is Cc1onc(-c2cccnc2)c1C(=O)N1CCC2(CC1)Nc1ccccc1-n1cccc12. The first kappa shape index (κ1) is 18.9. The van der Waals surface area contributed by atoms with Gasteiger partial charge in [-0.1, -0.05) is 17.3 Å². The number of hydrogen-bond donors (Lipinski definition) is 1. The summed E-state index contributed by atoms with van der Waals surface area (Å²) in [5, 5.41) is 7.95. The number of aryl methyl sites for hydroxylation is 1. The van der Waals surface area contributed by atoms with Crippen LogP contribution < -0.4 is 5.32 Å². The lowest BCUT2D eigenvalue weighted by Gasteiger charge is -2.46. The van der Waals surface area contributed by atoms with Gasteiger partial charge < -0.3 is 19.3 Å². The number of piperidine rings is 1. The van der Waals surface area contributed by atoms with Crippen LogP contribution in [0, 0.1) is 6.92 Å². The molecule has 3 aromatic heterocycles. The van der Waals surface area contributed by atoms with Gasteiger partial charge in [0.05, 0.1) is 16.9 Å². The van der Waals surface area contributed by atoms with Crippen molar-refractivity contribution in [2.24, 2.45) is 0 Å². The quantitative estimate of drug-likeness (QED) is 0.515. The summed E-state index contributed by atoms with van der Waals surface area (Å²) >= 11 is 0. The van der Waals surface area contributed by atoms with Crippen LogP contribution in [0.2, 0.25) is 0 Å². The van der Waals surface area contributed by atoms with E-state index in [0.717, 1.165) is 29.8 Å². The number of hydrogen-bond acceptors (Lipinski definition) is 5. The number of fused-ring (bicyclic) bond motifs is 4. The molecule has 1 aromatic carbocycles. The number of carbonyl (C=O) groups is 1. The van der Waals surface area contributed by atoms with E-state index >= 15 is 0 Å². The van der Waals surface area contributed by atoms with Crippen molar-refractivity contribution in [2.45, 2.75) is 25.3 Å². The number of anilines is 1. The zero-order valence-corrected chi connectivity index (χ0v) is 17.8. The van der Waals surface area contributed by atoms with E-state index in [1.54, 1.807) is 19.3 Å². The molecule has 2 aliphatic rings. The molecule has 7 nitrogen and oxygen atoms in total. The molecule has 7 heteroatoms. The van der Waals surface area contributed by atoms with Crippen molar-refractivity contribution in [3.63, 3.8) is 0 Å². The van der Waals surface area contributed by atoms with Crippen molar-refractivity contribution < 1.29 is 9.32 Å². The van der Waals surface area contributed by atoms with Crippen LogP contribution in [0.15, 0.2) is 71.6 Å². The van der Waals surface area contributed by atoms with Crippen molar-refractivity contribution >= 4 is 11.6 Å². The molecule has 0 saturated carbocycles. The van der Waals surface area contributed by atoms with Crippen LogP contribution in [-0.4, -0.2) is 38.6 Å². The molecule has 5 heterocycles. The maximum Gasteiger partial charge on any atom is 0.259 e. The maximum absolute atomic E-state index is 13.5. The van der Waals surface area contributed by atoms with Crippen LogP contribution in [0.1, 0.15) is 34.7 Å². The van der Waals surface area contributed by atoms with Gasteiger partial charge in [0, 0.05) is 42.9 Å². The highest BCUT2D eigenvalue weighted by atomic mass is 16.5. The zero-order chi connectivity index (χ0) is 21.7. The van der Waals surface area contributed by atoms with Gasteiger partial charge in [0.1, 0.15) is 17.0 Å². The van der Waals surface area contributed by atoms with Gasteiger partial charge in [-0.15, -0.1) is 0 Å². The highest BCUT2D eigenvalue weighted by molar-refractivity contribution is 6.00. The van der Waals surface area contributed by atoms with Gasteiger partial charge in [0.25, 0.3) is 5.91 Å². The van der Waals surface area contributed by atoms with Gasteiger partial charge in [-0.25, -0.2) is 0 Å². The first-order valence-electron chi connectivity index (χ1n) is 10.9. The summed E-state index contributed by atoms with van der Waals surface area (Å²) in [6.07, 6.45) is 7.17. The molecule has 1 amide bonds. The monoisotopic (exact) mass is 425 g/mol. The Hall–Kier alpha value is -3.87. The van der Waals surface area contributed by atoms with Gasteiger partial charge >= 0.3 is 0 Å². The highest BCUT2D eigenvalue weighted by Crippen LogP contribution is 2.43. The first-order valence-corrected chi connectivity index (χ1v) is 10.9. The highest BCUT2D eigenvalue weighted by Gasteiger charge is 2.43. The van der Waals surface area contributed by atoms with E-state index in [1.165, 1.54) is 5.69 Å². The van der Waals surface area contributed by atoms with Gasteiger partial charge in [0.15, 0.2) is 0 Å². The van der Waals surface area contributed by atoms with Crippen molar-refractivity contribution in [3.05, 3.63) is 84.1 Å². The number of pyridine rings is 1. The summed E-state index contributed by atoms with van der Waals surface area (Å²) in [7, 11) is 0. The smallest absolute Gasteiger partial charge is 0.259 e. The molecular formula is C25H23N5O2. The molecular weight excluding hydrogens is 402 g/mol. The minimum atomic E-state index is -0.190. The Balaban J connectivity index is 1.28. The van der Waals surface area contributed by atoms with Gasteiger partial charge in [0.2, 0.25) is 0 Å². The van der Waals surface area contributed by atoms with Crippen molar-refractivity contribution in [2.75, 3.05) is 18.4 Å². The lowest BCUT2D eigenvalue weighted by Crippen LogP contribution is -2.51. The molecule has 0 aliphatic carbocycles. The second kappa shape index (κ2) is 7.09. The zero-order valence-electron chi connectivity index (χ0n) is 17.8. The van der Waals surface area contributed by atoms with Crippen molar-refractivity contribution in [3.8, 4) is 16.9 Å². The fourth-order valence-corrected chi connectivity index (χ4v) is 5.05. The molecule has 6 rings (SSSR count). The van der Waals surface area contributed by atoms with Gasteiger partial charge in [-0.2, -0.15) is 0 Å². The molecule has 4 aromatic rings. The van der Waals surface area contributed by atoms with E-state index in [4.69, 9.17) is 4.52 Å². The van der Waals surface area contributed by atoms with Crippen LogP contribution in [0.5, 0.6) is 0 Å². The number of nitrogens with one attached hydrogen (secondary N) is 1. The van der Waals surface area contributed by atoms with E-state index in [-0.39, 0.29) is 11.4 Å². The van der Waals surface area contributed by atoms with Crippen molar-refractivity contribution in [1.29, 1.82) is 0 Å². The summed E-state index contributed by atoms with van der Waals surface area (Å²) in [6.45, 7) is 3.09. The summed E-state index contributed by atoms with van der Waals surface area (Å²) in [5.41, 5.74) is 5.22. The number of likely N-dealkylation sites (tertiary alicyclic amines) is 1. The predicted molar refractivity (Wildman–Crippen MR) is 121 cm³/mol. The third-order valence-corrected chi connectivity index (χ3v) is 6.69. The third kappa shape index (κ3) is 2.77. The standard InChI is InChI=1S/C25H23N5O2/c1-17-22(23(28-32-17)18-6-4-12-26-16-18)24(31)29-14-10-25(11-15-29)21-9-5-13-30(21)20-8-3-2-7-19(20)27-25/h2-9,12-13,16,27H,10-11,14-15H2,1H3. The van der Waals surface area contributed by atoms with Crippen LogP contribution in [0.25, 0.3) is 16.9 Å². The van der Waals surface area contributed by atoms with E-state index in [0.29, 0.717) is 30.1 Å². The van der Waals surface area contributed by atoms with Crippen LogP contribution >= 0.6 is 0 Å². The maximum atomic E-state index is 13.5. The molecule has 1 N–H and O–H groups in total. The average molecular weight is 425 g/mol. The number of para-hydroxylation sites is 2. The minimum absolute atomic E-state index is 0.0379. The molecule has 1 fully saturated rings. The Morgan fingerprint density at radius 3 is 2.75 bits per heavy atom. The topological polar surface area (TPSA) is 76.2 Å². The molecule has 160 valence electrons. The lowest BCUT2D eigenvalue weighted by molar-refractivity contribution is 0.0675. The van der Waals surface area contributed by atoms with Gasteiger partial charge in [-0.3, -0.25) is 9.78 Å². The average Bonchev–Trinajstić information content (AvgIpc) is 3.48. The van der Waals surface area contributed by atoms with Crippen molar-refractivity contribution in [1.82, 2.24) is 19.6 Å². The fraction of sp³-hybridized carbons (Fsp3) is 0.240. The van der Waals surface area contributed by atoms with Crippen LogP contribution in [0.3, 0.4) is 0 Å². The Morgan fingerprint density at radius 2 is 1.94 bits per heavy atom. The summed E-state index contributed by atoms with van der Waals surface area (Å²) in [5.74, 6) is 0.497. The molecule has 0 radical (unpaired) electrons. The van der Waals surface area contributed by atoms with E-state index in [9.17, 15) is 4.79 Å². The number of amides is 1. The third-order valence-electron chi connectivity index (χ3n) is 6.69. The fourth-order valence-electron chi connectivity index (χ4n) is 5.05. The minimum Gasteiger partial charge on any atom is -0.372 e. The normalized spacial score (nSPS) is 16.3. The Labute approximate surface area is 185 Å². The number of rotatable bonds is 2. The summed E-state index contributed by atoms with van der Waals surface area (Å²) < 4.78 is 7.68. The van der Waals surface area contributed by atoms with Gasteiger partial charge in [-0.05, 0) is 56.2 Å². The molecule has 0 atom stereocenters. The lowest BCUT2D eigenvalue weighted by atomic mass is 9.82. The molecule has 0 bridgehead atoms. The van der Waals surface area contributed by atoms with E-state index in [1.807, 2.05) is 17.0 Å². The van der Waals surface area contributed by atoms with E-state index in [2.05, 4.69) is 62.6 Å².